The molecule has 2 aromatic heterocycles. The van der Waals surface area contributed by atoms with Crippen molar-refractivity contribution < 1.29 is 22.5 Å². The SMILES string of the molecule is Cc1cc(C(=O)NCC(F)(F)F)c2c(C3CCNC3)noc2n1. The van der Waals surface area contributed by atoms with Crippen LogP contribution in [-0.4, -0.2) is 41.9 Å². The first kappa shape index (κ1) is 15.7. The van der Waals surface area contributed by atoms with Gasteiger partial charge in [0.15, 0.2) is 0 Å². The number of hydrogen-bond donors (Lipinski definition) is 2. The number of fused-ring (bicyclic) bond motifs is 1. The third kappa shape index (κ3) is 3.29. The number of aryl methyl sites for hydroxylation is 1. The summed E-state index contributed by atoms with van der Waals surface area (Å²) >= 11 is 0. The fourth-order valence-electron chi connectivity index (χ4n) is 2.72. The molecule has 1 aliphatic rings. The van der Waals surface area contributed by atoms with Crippen LogP contribution in [-0.2, 0) is 0 Å². The highest BCUT2D eigenvalue weighted by Crippen LogP contribution is 2.31. The van der Waals surface area contributed by atoms with Gasteiger partial charge < -0.3 is 15.2 Å². The summed E-state index contributed by atoms with van der Waals surface area (Å²) in [6.45, 7) is 1.74. The summed E-state index contributed by atoms with van der Waals surface area (Å²) in [7, 11) is 0. The molecule has 6 nitrogen and oxygen atoms in total. The van der Waals surface area contributed by atoms with E-state index in [1.165, 1.54) is 6.07 Å². The van der Waals surface area contributed by atoms with E-state index in [-0.39, 0.29) is 17.2 Å². The van der Waals surface area contributed by atoms with Crippen molar-refractivity contribution in [2.75, 3.05) is 19.6 Å². The molecule has 124 valence electrons. The van der Waals surface area contributed by atoms with Crippen molar-refractivity contribution in [2.45, 2.75) is 25.4 Å². The largest absolute Gasteiger partial charge is 0.405 e. The first-order valence-corrected chi connectivity index (χ1v) is 7.18. The smallest absolute Gasteiger partial charge is 0.343 e. The summed E-state index contributed by atoms with van der Waals surface area (Å²) in [6, 6.07) is 1.46. The average Bonchev–Trinajstić information content (AvgIpc) is 3.11. The molecule has 9 heteroatoms. The van der Waals surface area contributed by atoms with Gasteiger partial charge in [-0.3, -0.25) is 4.79 Å². The molecule has 2 N–H and O–H groups in total. The minimum absolute atomic E-state index is 0.0509. The van der Waals surface area contributed by atoms with E-state index in [9.17, 15) is 18.0 Å². The summed E-state index contributed by atoms with van der Waals surface area (Å²) in [5.41, 5.74) is 1.32. The fourth-order valence-corrected chi connectivity index (χ4v) is 2.72. The maximum absolute atomic E-state index is 12.3. The lowest BCUT2D eigenvalue weighted by Crippen LogP contribution is -2.34. The number of rotatable bonds is 3. The number of halogens is 3. The van der Waals surface area contributed by atoms with Crippen molar-refractivity contribution in [1.29, 1.82) is 0 Å². The third-order valence-electron chi connectivity index (χ3n) is 3.74. The Morgan fingerprint density at radius 2 is 2.30 bits per heavy atom. The number of pyridine rings is 1. The topological polar surface area (TPSA) is 80.0 Å². The van der Waals surface area contributed by atoms with E-state index in [1.807, 2.05) is 5.32 Å². The van der Waals surface area contributed by atoms with Crippen molar-refractivity contribution in [1.82, 2.24) is 20.8 Å². The van der Waals surface area contributed by atoms with Gasteiger partial charge in [-0.25, -0.2) is 4.98 Å². The maximum atomic E-state index is 12.3. The van der Waals surface area contributed by atoms with Crippen molar-refractivity contribution >= 4 is 17.0 Å². The number of aromatic nitrogens is 2. The molecule has 1 unspecified atom stereocenters. The first-order valence-electron chi connectivity index (χ1n) is 7.18. The van der Waals surface area contributed by atoms with Crippen LogP contribution >= 0.6 is 0 Å². The highest BCUT2D eigenvalue weighted by Gasteiger charge is 2.30. The Kier molecular flexibility index (Phi) is 3.97. The Labute approximate surface area is 129 Å². The molecule has 3 heterocycles. The van der Waals surface area contributed by atoms with Crippen LogP contribution in [0.1, 0.15) is 34.1 Å². The maximum Gasteiger partial charge on any atom is 0.405 e. The lowest BCUT2D eigenvalue weighted by Gasteiger charge is -2.10. The molecule has 1 saturated heterocycles. The lowest BCUT2D eigenvalue weighted by atomic mass is 9.99. The Hall–Kier alpha value is -2.16. The van der Waals surface area contributed by atoms with Crippen molar-refractivity contribution in [3.63, 3.8) is 0 Å². The van der Waals surface area contributed by atoms with Crippen LogP contribution in [0, 0.1) is 6.92 Å². The minimum atomic E-state index is -4.47. The van der Waals surface area contributed by atoms with E-state index in [4.69, 9.17) is 4.52 Å². The van der Waals surface area contributed by atoms with Crippen molar-refractivity contribution in [3.05, 3.63) is 23.0 Å². The van der Waals surface area contributed by atoms with Gasteiger partial charge in [-0.15, -0.1) is 0 Å². The van der Waals surface area contributed by atoms with E-state index in [0.29, 0.717) is 23.3 Å². The van der Waals surface area contributed by atoms with E-state index >= 15 is 0 Å². The molecule has 0 radical (unpaired) electrons. The van der Waals surface area contributed by atoms with E-state index < -0.39 is 18.6 Å². The monoisotopic (exact) mass is 328 g/mol. The predicted molar refractivity (Wildman–Crippen MR) is 75.2 cm³/mol. The molecule has 1 aliphatic heterocycles. The third-order valence-corrected chi connectivity index (χ3v) is 3.74. The van der Waals surface area contributed by atoms with Gasteiger partial charge in [0, 0.05) is 18.2 Å². The van der Waals surface area contributed by atoms with Crippen LogP contribution in [0.2, 0.25) is 0 Å². The summed E-state index contributed by atoms with van der Waals surface area (Å²) in [5.74, 6) is -0.761. The molecule has 0 aromatic carbocycles. The van der Waals surface area contributed by atoms with E-state index in [0.717, 1.165) is 13.0 Å². The molecular weight excluding hydrogens is 313 g/mol. The number of hydrogen-bond acceptors (Lipinski definition) is 5. The molecule has 0 spiro atoms. The number of nitrogens with zero attached hydrogens (tertiary/aromatic N) is 2. The summed E-state index contributed by atoms with van der Waals surface area (Å²) < 4.78 is 42.2. The molecule has 1 fully saturated rings. The Bertz CT molecular complexity index is 735. The van der Waals surface area contributed by atoms with Crippen molar-refractivity contribution in [2.24, 2.45) is 0 Å². The number of amides is 1. The highest BCUT2D eigenvalue weighted by atomic mass is 19.4. The second kappa shape index (κ2) is 5.80. The second-order valence-corrected chi connectivity index (χ2v) is 5.55. The summed E-state index contributed by atoms with van der Waals surface area (Å²) in [4.78, 5) is 16.4. The average molecular weight is 328 g/mol. The Balaban J connectivity index is 2.00. The zero-order valence-electron chi connectivity index (χ0n) is 12.3. The zero-order chi connectivity index (χ0) is 16.6. The van der Waals surface area contributed by atoms with Crippen LogP contribution in [0.3, 0.4) is 0 Å². The quantitative estimate of drug-likeness (QED) is 0.899. The highest BCUT2D eigenvalue weighted by molar-refractivity contribution is 6.06. The van der Waals surface area contributed by atoms with E-state index in [1.54, 1.807) is 6.92 Å². The number of carbonyl (C=O) groups excluding carboxylic acids is 1. The van der Waals surface area contributed by atoms with Crippen LogP contribution < -0.4 is 10.6 Å². The molecule has 0 bridgehead atoms. The standard InChI is InChI=1S/C14H15F3N4O2/c1-7-4-9(12(22)19-6-14(15,16)17)10-11(8-2-3-18-5-8)21-23-13(10)20-7/h4,8,18H,2-3,5-6H2,1H3,(H,19,22). The number of alkyl halides is 3. The van der Waals surface area contributed by atoms with Gasteiger partial charge in [-0.2, -0.15) is 13.2 Å². The number of carbonyl (C=O) groups is 1. The van der Waals surface area contributed by atoms with Gasteiger partial charge in [0.05, 0.1) is 16.6 Å². The molecule has 23 heavy (non-hydrogen) atoms. The van der Waals surface area contributed by atoms with Crippen LogP contribution in [0.15, 0.2) is 10.6 Å². The molecule has 0 aliphatic carbocycles. The van der Waals surface area contributed by atoms with Gasteiger partial charge in [0.25, 0.3) is 11.6 Å². The molecule has 3 rings (SSSR count). The summed E-state index contributed by atoms with van der Waals surface area (Å²) in [5, 5.41) is 9.45. The zero-order valence-corrected chi connectivity index (χ0v) is 12.3. The van der Waals surface area contributed by atoms with Gasteiger partial charge in [0.1, 0.15) is 6.54 Å². The molecule has 1 amide bonds. The van der Waals surface area contributed by atoms with Gasteiger partial charge in [-0.05, 0) is 26.0 Å². The second-order valence-electron chi connectivity index (χ2n) is 5.55. The predicted octanol–water partition coefficient (Wildman–Crippen LogP) is 1.90. The molecular formula is C14H15F3N4O2. The Morgan fingerprint density at radius 3 is 2.96 bits per heavy atom. The fraction of sp³-hybridized carbons (Fsp3) is 0.500. The van der Waals surface area contributed by atoms with Gasteiger partial charge >= 0.3 is 6.18 Å². The minimum Gasteiger partial charge on any atom is -0.343 e. The molecule has 2 aromatic rings. The molecule has 0 saturated carbocycles. The lowest BCUT2D eigenvalue weighted by molar-refractivity contribution is -0.123. The molecule has 1 atom stereocenters. The van der Waals surface area contributed by atoms with Gasteiger partial charge in [0.2, 0.25) is 0 Å². The van der Waals surface area contributed by atoms with Gasteiger partial charge in [-0.1, -0.05) is 5.16 Å². The summed E-state index contributed by atoms with van der Waals surface area (Å²) in [6.07, 6.45) is -3.65. The number of nitrogens with one attached hydrogen (secondary N) is 2. The van der Waals surface area contributed by atoms with E-state index in [2.05, 4.69) is 15.5 Å². The normalized spacial score (nSPS) is 18.5. The van der Waals surface area contributed by atoms with Crippen LogP contribution in [0.5, 0.6) is 0 Å². The van der Waals surface area contributed by atoms with Crippen molar-refractivity contribution in [3.8, 4) is 0 Å². The Morgan fingerprint density at radius 1 is 1.52 bits per heavy atom. The van der Waals surface area contributed by atoms with Crippen LogP contribution in [0.25, 0.3) is 11.1 Å². The van der Waals surface area contributed by atoms with Crippen LogP contribution in [0.4, 0.5) is 13.2 Å². The first-order chi connectivity index (χ1) is 10.8.